The summed E-state index contributed by atoms with van der Waals surface area (Å²) in [5.41, 5.74) is 11.1. The highest BCUT2D eigenvalue weighted by molar-refractivity contribution is 5.85. The van der Waals surface area contributed by atoms with Gasteiger partial charge in [-0.25, -0.2) is 4.98 Å². The van der Waals surface area contributed by atoms with Crippen molar-refractivity contribution < 1.29 is 4.74 Å². The molecule has 6 nitrogen and oxygen atoms in total. The monoisotopic (exact) mass is 404 g/mol. The summed E-state index contributed by atoms with van der Waals surface area (Å²) in [7, 11) is 0. The van der Waals surface area contributed by atoms with E-state index in [1.165, 1.54) is 32.4 Å². The summed E-state index contributed by atoms with van der Waals surface area (Å²) in [6.07, 6.45) is 3.93. The molecular weight excluding hydrogens is 376 g/mol. The zero-order chi connectivity index (χ0) is 20.7. The van der Waals surface area contributed by atoms with Crippen LogP contribution in [-0.2, 0) is 13.1 Å². The van der Waals surface area contributed by atoms with E-state index in [9.17, 15) is 4.79 Å². The van der Waals surface area contributed by atoms with Crippen LogP contribution < -0.4 is 16.0 Å². The molecule has 30 heavy (non-hydrogen) atoms. The van der Waals surface area contributed by atoms with E-state index < -0.39 is 0 Å². The number of benzene rings is 1. The average Bonchev–Trinajstić information content (AvgIpc) is 3.11. The van der Waals surface area contributed by atoms with Crippen LogP contribution in [0, 0.1) is 6.92 Å². The van der Waals surface area contributed by atoms with E-state index in [0.29, 0.717) is 18.7 Å². The van der Waals surface area contributed by atoms with Crippen LogP contribution in [0.15, 0.2) is 35.1 Å². The quantitative estimate of drug-likeness (QED) is 0.553. The molecule has 0 spiro atoms. The van der Waals surface area contributed by atoms with Crippen LogP contribution >= 0.6 is 0 Å². The predicted octanol–water partition coefficient (Wildman–Crippen LogP) is 3.06. The van der Waals surface area contributed by atoms with E-state index in [1.54, 1.807) is 4.57 Å². The highest BCUT2D eigenvalue weighted by atomic mass is 16.5. The third-order valence-corrected chi connectivity index (χ3v) is 6.39. The Morgan fingerprint density at radius 2 is 1.97 bits per heavy atom. The topological polar surface area (TPSA) is 73.4 Å². The number of nitrogens with zero attached hydrogens (tertiary/aromatic N) is 3. The first-order chi connectivity index (χ1) is 14.6. The third-order valence-electron chi connectivity index (χ3n) is 6.39. The highest BCUT2D eigenvalue weighted by Gasteiger charge is 2.24. The number of aromatic nitrogens is 2. The number of rotatable bonds is 5. The van der Waals surface area contributed by atoms with Gasteiger partial charge in [0.15, 0.2) is 0 Å². The van der Waals surface area contributed by atoms with Crippen molar-refractivity contribution in [2.24, 2.45) is 5.73 Å². The summed E-state index contributed by atoms with van der Waals surface area (Å²) >= 11 is 0. The lowest BCUT2D eigenvalue weighted by Gasteiger charge is -2.26. The summed E-state index contributed by atoms with van der Waals surface area (Å²) in [4.78, 5) is 20.2. The van der Waals surface area contributed by atoms with Gasteiger partial charge >= 0.3 is 0 Å². The molecule has 0 amide bonds. The third kappa shape index (κ3) is 3.40. The van der Waals surface area contributed by atoms with Crippen LogP contribution in [0.1, 0.15) is 36.0 Å². The molecule has 2 aliphatic rings. The van der Waals surface area contributed by atoms with Gasteiger partial charge in [0, 0.05) is 35.7 Å². The van der Waals surface area contributed by atoms with Crippen molar-refractivity contribution >= 4 is 10.9 Å². The molecule has 1 saturated heterocycles. The Hall–Kier alpha value is -2.70. The van der Waals surface area contributed by atoms with Gasteiger partial charge in [-0.3, -0.25) is 9.69 Å². The summed E-state index contributed by atoms with van der Waals surface area (Å²) in [5.74, 6) is 0.844. The van der Waals surface area contributed by atoms with Crippen molar-refractivity contribution in [3.63, 3.8) is 0 Å². The molecule has 0 atom stereocenters. The fourth-order valence-corrected chi connectivity index (χ4v) is 4.68. The minimum Gasteiger partial charge on any atom is -0.492 e. The van der Waals surface area contributed by atoms with Gasteiger partial charge in [0.2, 0.25) is 0 Å². The first kappa shape index (κ1) is 19.3. The minimum absolute atomic E-state index is 0.00343. The number of hydrogen-bond acceptors (Lipinski definition) is 5. The molecule has 0 unspecified atom stereocenters. The number of piperidine rings is 1. The normalized spacial score (nSPS) is 15.9. The SMILES string of the molecule is Cc1cc2n(c(=O)c1CN)Cc1cc3ccc(OCCN4CCCCC4)cc3nc1-2. The molecular formula is C24H28N4O2. The molecule has 6 heteroatoms. The predicted molar refractivity (Wildman–Crippen MR) is 119 cm³/mol. The Balaban J connectivity index is 1.41. The van der Waals surface area contributed by atoms with Crippen LogP contribution in [0.3, 0.4) is 0 Å². The second-order valence-electron chi connectivity index (χ2n) is 8.39. The largest absolute Gasteiger partial charge is 0.492 e. The Kier molecular flexibility index (Phi) is 5.05. The van der Waals surface area contributed by atoms with Crippen molar-refractivity contribution in [1.82, 2.24) is 14.5 Å². The van der Waals surface area contributed by atoms with E-state index in [4.69, 9.17) is 15.5 Å². The number of likely N-dealkylation sites (tertiary alicyclic amines) is 1. The number of hydrogen-bond donors (Lipinski definition) is 1. The lowest BCUT2D eigenvalue weighted by molar-refractivity contribution is 0.183. The van der Waals surface area contributed by atoms with Gasteiger partial charge in [-0.15, -0.1) is 0 Å². The summed E-state index contributed by atoms with van der Waals surface area (Å²) in [5, 5.41) is 1.06. The van der Waals surface area contributed by atoms with E-state index in [1.807, 2.05) is 25.1 Å². The smallest absolute Gasteiger partial charge is 0.256 e. The van der Waals surface area contributed by atoms with Gasteiger partial charge < -0.3 is 15.0 Å². The number of aryl methyl sites for hydroxylation is 1. The molecule has 1 aromatic carbocycles. The van der Waals surface area contributed by atoms with Gasteiger partial charge in [-0.2, -0.15) is 0 Å². The van der Waals surface area contributed by atoms with Crippen LogP contribution in [0.4, 0.5) is 0 Å². The van der Waals surface area contributed by atoms with Crippen molar-refractivity contribution in [2.45, 2.75) is 39.3 Å². The number of fused-ring (bicyclic) bond motifs is 4. The number of ether oxygens (including phenoxy) is 1. The van der Waals surface area contributed by atoms with Gasteiger partial charge in [0.25, 0.3) is 5.56 Å². The molecule has 0 saturated carbocycles. The molecule has 156 valence electrons. The molecule has 0 radical (unpaired) electrons. The summed E-state index contributed by atoms with van der Waals surface area (Å²) in [6, 6.07) is 10.2. The van der Waals surface area contributed by atoms with E-state index in [0.717, 1.165) is 45.7 Å². The van der Waals surface area contributed by atoms with Gasteiger partial charge in [-0.1, -0.05) is 6.42 Å². The van der Waals surface area contributed by atoms with Crippen LogP contribution in [0.5, 0.6) is 5.75 Å². The van der Waals surface area contributed by atoms with Crippen molar-refractivity contribution in [3.8, 4) is 17.1 Å². The molecule has 4 heterocycles. The van der Waals surface area contributed by atoms with E-state index >= 15 is 0 Å². The lowest BCUT2D eigenvalue weighted by Crippen LogP contribution is -2.33. The molecule has 5 rings (SSSR count). The van der Waals surface area contributed by atoms with E-state index in [2.05, 4.69) is 17.0 Å². The maximum atomic E-state index is 12.8. The number of pyridine rings is 2. The zero-order valence-electron chi connectivity index (χ0n) is 17.5. The van der Waals surface area contributed by atoms with Gasteiger partial charge in [-0.05, 0) is 62.7 Å². The van der Waals surface area contributed by atoms with E-state index in [-0.39, 0.29) is 12.1 Å². The molecule has 3 aromatic rings. The minimum atomic E-state index is -0.00343. The standard InChI is InChI=1S/C24H28N4O2/c1-16-11-22-23-18(15-28(22)24(29)20(16)14-25)12-17-5-6-19(13-21(17)26-23)30-10-9-27-7-3-2-4-8-27/h5-6,11-13H,2-4,7-10,14-15,25H2,1H3. The lowest BCUT2D eigenvalue weighted by atomic mass is 10.1. The fraction of sp³-hybridized carbons (Fsp3) is 0.417. The highest BCUT2D eigenvalue weighted by Crippen LogP contribution is 2.33. The molecule has 1 fully saturated rings. The maximum Gasteiger partial charge on any atom is 0.256 e. The maximum absolute atomic E-state index is 12.8. The van der Waals surface area contributed by atoms with Crippen LogP contribution in [0.2, 0.25) is 0 Å². The summed E-state index contributed by atoms with van der Waals surface area (Å²) in [6.45, 7) is 6.77. The van der Waals surface area contributed by atoms with Crippen molar-refractivity contribution in [1.29, 1.82) is 0 Å². The second kappa shape index (κ2) is 7.85. The number of nitrogens with two attached hydrogens (primary N) is 1. The Bertz CT molecular complexity index is 1160. The molecule has 0 aliphatic carbocycles. The van der Waals surface area contributed by atoms with Crippen molar-refractivity contribution in [3.05, 3.63) is 57.4 Å². The fourth-order valence-electron chi connectivity index (χ4n) is 4.68. The Morgan fingerprint density at radius 3 is 2.77 bits per heavy atom. The molecule has 0 bridgehead atoms. The first-order valence-electron chi connectivity index (χ1n) is 10.9. The molecule has 2 aromatic heterocycles. The Morgan fingerprint density at radius 1 is 1.13 bits per heavy atom. The zero-order valence-corrected chi connectivity index (χ0v) is 17.5. The molecule has 2 aliphatic heterocycles. The Labute approximate surface area is 176 Å². The van der Waals surface area contributed by atoms with Gasteiger partial charge in [0.1, 0.15) is 12.4 Å². The molecule has 2 N–H and O–H groups in total. The average molecular weight is 405 g/mol. The van der Waals surface area contributed by atoms with Crippen LogP contribution in [0.25, 0.3) is 22.3 Å². The van der Waals surface area contributed by atoms with Crippen molar-refractivity contribution in [2.75, 3.05) is 26.2 Å². The second-order valence-corrected chi connectivity index (χ2v) is 8.39. The first-order valence-corrected chi connectivity index (χ1v) is 10.9. The summed E-state index contributed by atoms with van der Waals surface area (Å²) < 4.78 is 7.82. The van der Waals surface area contributed by atoms with Crippen LogP contribution in [-0.4, -0.2) is 40.7 Å². The van der Waals surface area contributed by atoms with Gasteiger partial charge in [0.05, 0.1) is 23.4 Å².